The van der Waals surface area contributed by atoms with Crippen molar-refractivity contribution in [1.29, 1.82) is 0 Å². The van der Waals surface area contributed by atoms with Crippen LogP contribution in [-0.2, 0) is 7.05 Å². The Morgan fingerprint density at radius 2 is 2.30 bits per heavy atom. The molecular weight excluding hydrogens is 142 g/mol. The predicted molar refractivity (Wildman–Crippen MR) is 47.3 cm³/mol. The highest BCUT2D eigenvalue weighted by molar-refractivity contribution is 7.98. The second-order valence-electron chi connectivity index (χ2n) is 2.06. The summed E-state index contributed by atoms with van der Waals surface area (Å²) in [6, 6.07) is 4.17. The summed E-state index contributed by atoms with van der Waals surface area (Å²) in [5, 5.41) is 1.27. The molecule has 0 fully saturated rings. The Morgan fingerprint density at radius 3 is 2.60 bits per heavy atom. The van der Waals surface area contributed by atoms with Gasteiger partial charge in [-0.15, -0.1) is 11.8 Å². The van der Waals surface area contributed by atoms with Crippen LogP contribution in [-0.4, -0.2) is 10.8 Å². The van der Waals surface area contributed by atoms with Gasteiger partial charge in [0.05, 0.1) is 5.03 Å². The lowest BCUT2D eigenvalue weighted by Gasteiger charge is -1.99. The van der Waals surface area contributed by atoms with Crippen LogP contribution < -0.4 is 0 Å². The van der Waals surface area contributed by atoms with Gasteiger partial charge in [-0.25, -0.2) is 0 Å². The van der Waals surface area contributed by atoms with Gasteiger partial charge in [-0.1, -0.05) is 6.58 Å². The largest absolute Gasteiger partial charge is 0.339 e. The molecule has 2 heteroatoms. The van der Waals surface area contributed by atoms with Crippen LogP contribution in [0.15, 0.2) is 23.7 Å². The molecule has 0 spiro atoms. The van der Waals surface area contributed by atoms with Crippen molar-refractivity contribution in [3.63, 3.8) is 0 Å². The molecule has 1 aromatic heterocycles. The molecule has 0 amide bonds. The third kappa shape index (κ3) is 1.12. The third-order valence-corrected chi connectivity index (χ3v) is 2.36. The Labute approximate surface area is 65.7 Å². The third-order valence-electron chi connectivity index (χ3n) is 1.53. The zero-order valence-corrected chi connectivity index (χ0v) is 7.11. The standard InChI is InChI=1S/C8H11NS/c1-4-7-5-6-8(10-3)9(7)2/h4-6H,1H2,2-3H3. The molecule has 1 rings (SSSR count). The van der Waals surface area contributed by atoms with Crippen molar-refractivity contribution >= 4 is 17.8 Å². The van der Waals surface area contributed by atoms with Gasteiger partial charge in [0.25, 0.3) is 0 Å². The number of hydrogen-bond donors (Lipinski definition) is 0. The van der Waals surface area contributed by atoms with E-state index in [1.807, 2.05) is 13.1 Å². The second-order valence-corrected chi connectivity index (χ2v) is 2.89. The van der Waals surface area contributed by atoms with Crippen LogP contribution in [0.2, 0.25) is 0 Å². The first-order chi connectivity index (χ1) is 4.79. The SMILES string of the molecule is C=Cc1ccc(SC)n1C. The lowest BCUT2D eigenvalue weighted by atomic mass is 10.4. The fourth-order valence-corrected chi connectivity index (χ4v) is 1.50. The minimum absolute atomic E-state index is 1.17. The van der Waals surface area contributed by atoms with Crippen molar-refractivity contribution in [2.24, 2.45) is 7.05 Å². The highest BCUT2D eigenvalue weighted by Crippen LogP contribution is 2.17. The summed E-state index contributed by atoms with van der Waals surface area (Å²) >= 11 is 1.75. The van der Waals surface area contributed by atoms with E-state index in [1.165, 1.54) is 10.7 Å². The van der Waals surface area contributed by atoms with E-state index in [9.17, 15) is 0 Å². The maximum atomic E-state index is 3.71. The van der Waals surface area contributed by atoms with E-state index in [-0.39, 0.29) is 0 Å². The summed E-state index contributed by atoms with van der Waals surface area (Å²) in [5.41, 5.74) is 1.17. The van der Waals surface area contributed by atoms with Crippen molar-refractivity contribution < 1.29 is 0 Å². The highest BCUT2D eigenvalue weighted by Gasteiger charge is 1.97. The van der Waals surface area contributed by atoms with E-state index in [4.69, 9.17) is 0 Å². The monoisotopic (exact) mass is 153 g/mol. The summed E-state index contributed by atoms with van der Waals surface area (Å²) in [6.07, 6.45) is 3.93. The summed E-state index contributed by atoms with van der Waals surface area (Å²) in [4.78, 5) is 0. The van der Waals surface area contributed by atoms with Crippen LogP contribution in [0.3, 0.4) is 0 Å². The van der Waals surface area contributed by atoms with Gasteiger partial charge in [-0.05, 0) is 24.5 Å². The Balaban J connectivity index is 3.08. The molecule has 0 unspecified atom stereocenters. The van der Waals surface area contributed by atoms with Crippen molar-refractivity contribution in [3.8, 4) is 0 Å². The molecule has 0 bridgehead atoms. The molecular formula is C8H11NS. The van der Waals surface area contributed by atoms with E-state index in [2.05, 4.69) is 29.5 Å². The van der Waals surface area contributed by atoms with Gasteiger partial charge in [-0.3, -0.25) is 0 Å². The topological polar surface area (TPSA) is 4.93 Å². The molecule has 0 atom stereocenters. The van der Waals surface area contributed by atoms with Crippen molar-refractivity contribution in [3.05, 3.63) is 24.4 Å². The molecule has 54 valence electrons. The zero-order chi connectivity index (χ0) is 7.56. The summed E-state index contributed by atoms with van der Waals surface area (Å²) in [5.74, 6) is 0. The van der Waals surface area contributed by atoms with E-state index in [1.54, 1.807) is 11.8 Å². The highest BCUT2D eigenvalue weighted by atomic mass is 32.2. The average molecular weight is 153 g/mol. The van der Waals surface area contributed by atoms with Crippen LogP contribution in [0.25, 0.3) is 6.08 Å². The summed E-state index contributed by atoms with van der Waals surface area (Å²) in [7, 11) is 2.04. The molecule has 1 aromatic rings. The van der Waals surface area contributed by atoms with Crippen LogP contribution in [0, 0.1) is 0 Å². The van der Waals surface area contributed by atoms with E-state index in [0.29, 0.717) is 0 Å². The van der Waals surface area contributed by atoms with Gasteiger partial charge in [0.15, 0.2) is 0 Å². The fraction of sp³-hybridized carbons (Fsp3) is 0.250. The predicted octanol–water partition coefficient (Wildman–Crippen LogP) is 2.39. The normalized spacial score (nSPS) is 9.80. The Hall–Kier alpha value is -0.630. The van der Waals surface area contributed by atoms with E-state index < -0.39 is 0 Å². The lowest BCUT2D eigenvalue weighted by molar-refractivity contribution is 0.821. The van der Waals surface area contributed by atoms with Crippen molar-refractivity contribution in [2.45, 2.75) is 5.03 Å². The average Bonchev–Trinajstić information content (AvgIpc) is 2.30. The molecule has 1 nitrogen and oxygen atoms in total. The number of nitrogens with zero attached hydrogens (tertiary/aromatic N) is 1. The van der Waals surface area contributed by atoms with E-state index in [0.717, 1.165) is 0 Å². The van der Waals surface area contributed by atoms with Crippen LogP contribution >= 0.6 is 11.8 Å². The van der Waals surface area contributed by atoms with Gasteiger partial charge < -0.3 is 4.57 Å². The molecule has 0 saturated carbocycles. The number of thioether (sulfide) groups is 1. The number of aromatic nitrogens is 1. The quantitative estimate of drug-likeness (QED) is 0.591. The fourth-order valence-electron chi connectivity index (χ4n) is 0.917. The Morgan fingerprint density at radius 1 is 1.60 bits per heavy atom. The first-order valence-corrected chi connectivity index (χ1v) is 4.34. The Kier molecular flexibility index (Phi) is 2.22. The van der Waals surface area contributed by atoms with Gasteiger partial charge in [0.2, 0.25) is 0 Å². The first kappa shape index (κ1) is 7.48. The summed E-state index contributed by atoms with van der Waals surface area (Å²) < 4.78 is 2.12. The van der Waals surface area contributed by atoms with E-state index >= 15 is 0 Å². The molecule has 0 aliphatic heterocycles. The van der Waals surface area contributed by atoms with Crippen LogP contribution in [0.5, 0.6) is 0 Å². The minimum atomic E-state index is 1.17. The molecule has 10 heavy (non-hydrogen) atoms. The molecule has 0 N–H and O–H groups in total. The number of hydrogen-bond acceptors (Lipinski definition) is 1. The minimum Gasteiger partial charge on any atom is -0.339 e. The van der Waals surface area contributed by atoms with Gasteiger partial charge in [-0.2, -0.15) is 0 Å². The maximum absolute atomic E-state index is 3.71. The van der Waals surface area contributed by atoms with Crippen molar-refractivity contribution in [1.82, 2.24) is 4.57 Å². The van der Waals surface area contributed by atoms with Crippen molar-refractivity contribution in [2.75, 3.05) is 6.26 Å². The summed E-state index contributed by atoms with van der Waals surface area (Å²) in [6.45, 7) is 3.71. The maximum Gasteiger partial charge on any atom is 0.0747 e. The first-order valence-electron chi connectivity index (χ1n) is 3.11. The molecule has 0 aromatic carbocycles. The number of rotatable bonds is 2. The van der Waals surface area contributed by atoms with Gasteiger partial charge in [0.1, 0.15) is 0 Å². The van der Waals surface area contributed by atoms with Gasteiger partial charge in [0, 0.05) is 12.7 Å². The zero-order valence-electron chi connectivity index (χ0n) is 6.29. The molecule has 0 radical (unpaired) electrons. The van der Waals surface area contributed by atoms with Gasteiger partial charge >= 0.3 is 0 Å². The molecule has 0 aliphatic carbocycles. The second kappa shape index (κ2) is 2.97. The molecule has 0 saturated heterocycles. The molecule has 0 aliphatic rings. The van der Waals surface area contributed by atoms with Crippen LogP contribution in [0.4, 0.5) is 0 Å². The molecule has 1 heterocycles. The smallest absolute Gasteiger partial charge is 0.0747 e. The Bertz CT molecular complexity index is 237. The van der Waals surface area contributed by atoms with Crippen LogP contribution in [0.1, 0.15) is 5.69 Å². The lowest BCUT2D eigenvalue weighted by Crippen LogP contribution is -1.90.